The molecular formula is C10H12FIO3S. The lowest BCUT2D eigenvalue weighted by molar-refractivity contribution is 0.196. The van der Waals surface area contributed by atoms with Gasteiger partial charge in [-0.05, 0) is 17.7 Å². The monoisotopic (exact) mass is 358 g/mol. The van der Waals surface area contributed by atoms with E-state index in [1.54, 1.807) is 22.6 Å². The Balaban J connectivity index is 2.99. The standard InChI is InChI=1S/C10H12FIO3S/c1-2-16(14,15)10(12)9(13)7-4-3-5-8(11)6-7/h3-6,9-10,13H,2H2,1H3/t9-,10-/m1/s1. The van der Waals surface area contributed by atoms with Crippen LogP contribution in [-0.4, -0.2) is 22.5 Å². The Labute approximate surface area is 108 Å². The predicted octanol–water partition coefficient (Wildman–Crippen LogP) is 2.05. The molecule has 0 fully saturated rings. The van der Waals surface area contributed by atoms with Gasteiger partial charge in [-0.3, -0.25) is 0 Å². The zero-order chi connectivity index (χ0) is 12.3. The van der Waals surface area contributed by atoms with E-state index in [-0.39, 0.29) is 11.3 Å². The molecule has 0 radical (unpaired) electrons. The number of benzene rings is 1. The second-order valence-electron chi connectivity index (χ2n) is 3.30. The molecule has 0 aliphatic carbocycles. The zero-order valence-corrected chi connectivity index (χ0v) is 11.6. The van der Waals surface area contributed by atoms with Gasteiger partial charge in [0.15, 0.2) is 9.84 Å². The topological polar surface area (TPSA) is 54.4 Å². The lowest BCUT2D eigenvalue weighted by Gasteiger charge is -2.17. The number of alkyl halides is 1. The van der Waals surface area contributed by atoms with Gasteiger partial charge in [-0.15, -0.1) is 0 Å². The van der Waals surface area contributed by atoms with Crippen LogP contribution in [0.5, 0.6) is 0 Å². The summed E-state index contributed by atoms with van der Waals surface area (Å²) in [5, 5.41) is 9.83. The molecule has 1 aromatic rings. The van der Waals surface area contributed by atoms with Crippen molar-refractivity contribution >= 4 is 32.4 Å². The first-order valence-corrected chi connectivity index (χ1v) is 7.63. The van der Waals surface area contributed by atoms with Crippen LogP contribution < -0.4 is 0 Å². The number of aliphatic hydroxyl groups is 1. The van der Waals surface area contributed by atoms with Gasteiger partial charge in [0.05, 0.1) is 0 Å². The maximum Gasteiger partial charge on any atom is 0.164 e. The molecule has 0 saturated heterocycles. The molecular weight excluding hydrogens is 346 g/mol. The van der Waals surface area contributed by atoms with Crippen molar-refractivity contribution in [2.75, 3.05) is 5.75 Å². The highest BCUT2D eigenvalue weighted by Gasteiger charge is 2.29. The minimum Gasteiger partial charge on any atom is -0.386 e. The third kappa shape index (κ3) is 3.14. The molecule has 16 heavy (non-hydrogen) atoms. The van der Waals surface area contributed by atoms with Gasteiger partial charge in [-0.25, -0.2) is 12.8 Å². The van der Waals surface area contributed by atoms with Crippen molar-refractivity contribution in [3.8, 4) is 0 Å². The van der Waals surface area contributed by atoms with Crippen molar-refractivity contribution in [3.63, 3.8) is 0 Å². The van der Waals surface area contributed by atoms with Crippen LogP contribution in [0.3, 0.4) is 0 Å². The summed E-state index contributed by atoms with van der Waals surface area (Å²) in [6, 6.07) is 5.33. The fourth-order valence-electron chi connectivity index (χ4n) is 1.20. The van der Waals surface area contributed by atoms with Crippen LogP contribution in [0.15, 0.2) is 24.3 Å². The van der Waals surface area contributed by atoms with E-state index in [0.29, 0.717) is 0 Å². The largest absolute Gasteiger partial charge is 0.386 e. The van der Waals surface area contributed by atoms with Crippen LogP contribution in [0.4, 0.5) is 4.39 Å². The van der Waals surface area contributed by atoms with Crippen LogP contribution >= 0.6 is 22.6 Å². The highest BCUT2D eigenvalue weighted by Crippen LogP contribution is 2.27. The van der Waals surface area contributed by atoms with Gasteiger partial charge >= 0.3 is 0 Å². The van der Waals surface area contributed by atoms with Gasteiger partial charge in [0.1, 0.15) is 15.2 Å². The zero-order valence-electron chi connectivity index (χ0n) is 8.60. The van der Waals surface area contributed by atoms with Crippen molar-refractivity contribution in [2.24, 2.45) is 0 Å². The molecule has 0 bridgehead atoms. The van der Waals surface area contributed by atoms with Gasteiger partial charge < -0.3 is 5.11 Å². The van der Waals surface area contributed by atoms with E-state index < -0.39 is 25.0 Å². The lowest BCUT2D eigenvalue weighted by Crippen LogP contribution is -2.24. The molecule has 0 aliphatic heterocycles. The average Bonchev–Trinajstić information content (AvgIpc) is 2.27. The van der Waals surface area contributed by atoms with E-state index in [9.17, 15) is 17.9 Å². The molecule has 90 valence electrons. The summed E-state index contributed by atoms with van der Waals surface area (Å²) in [6.07, 6.45) is -1.21. The second-order valence-corrected chi connectivity index (χ2v) is 7.90. The summed E-state index contributed by atoms with van der Waals surface area (Å²) in [5.41, 5.74) is 0.274. The first kappa shape index (κ1) is 13.9. The van der Waals surface area contributed by atoms with Gasteiger partial charge in [-0.1, -0.05) is 41.6 Å². The fraction of sp³-hybridized carbons (Fsp3) is 0.400. The molecule has 0 aromatic heterocycles. The van der Waals surface area contributed by atoms with Gasteiger partial charge in [0, 0.05) is 5.75 Å². The molecule has 0 heterocycles. The van der Waals surface area contributed by atoms with Crippen LogP contribution in [0, 0.1) is 5.82 Å². The highest BCUT2D eigenvalue weighted by molar-refractivity contribution is 14.1. The molecule has 0 unspecified atom stereocenters. The number of hydrogen-bond donors (Lipinski definition) is 1. The summed E-state index contributed by atoms with van der Waals surface area (Å²) in [5.74, 6) is -0.540. The maximum atomic E-state index is 12.9. The third-order valence-corrected chi connectivity index (χ3v) is 6.94. The van der Waals surface area contributed by atoms with Crippen LogP contribution in [0.2, 0.25) is 0 Å². The quantitative estimate of drug-likeness (QED) is 0.662. The normalized spacial score (nSPS) is 15.8. The molecule has 0 amide bonds. The van der Waals surface area contributed by atoms with Crippen LogP contribution in [0.1, 0.15) is 18.6 Å². The Bertz CT molecular complexity index is 461. The summed E-state index contributed by atoms with van der Waals surface area (Å²) < 4.78 is 35.0. The van der Waals surface area contributed by atoms with Crippen molar-refractivity contribution in [3.05, 3.63) is 35.6 Å². The van der Waals surface area contributed by atoms with Gasteiger partial charge in [-0.2, -0.15) is 0 Å². The van der Waals surface area contributed by atoms with E-state index in [1.807, 2.05) is 0 Å². The summed E-state index contributed by atoms with van der Waals surface area (Å²) in [7, 11) is -3.34. The molecule has 0 spiro atoms. The molecule has 1 rings (SSSR count). The molecule has 0 saturated carbocycles. The molecule has 1 N–H and O–H groups in total. The minimum absolute atomic E-state index is 0.0486. The Morgan fingerprint density at radius 1 is 1.50 bits per heavy atom. The Morgan fingerprint density at radius 2 is 2.12 bits per heavy atom. The summed E-state index contributed by atoms with van der Waals surface area (Å²) >= 11 is 1.67. The molecule has 6 heteroatoms. The Hall–Kier alpha value is -0.210. The first-order valence-electron chi connectivity index (χ1n) is 4.67. The molecule has 3 nitrogen and oxygen atoms in total. The predicted molar refractivity (Wildman–Crippen MR) is 68.6 cm³/mol. The summed E-state index contributed by atoms with van der Waals surface area (Å²) in [4.78, 5) is 0. The van der Waals surface area contributed by atoms with Gasteiger partial charge in [0.2, 0.25) is 0 Å². The number of hydrogen-bond acceptors (Lipinski definition) is 3. The van der Waals surface area contributed by atoms with E-state index in [1.165, 1.54) is 25.1 Å². The average molecular weight is 358 g/mol. The molecule has 2 atom stereocenters. The lowest BCUT2D eigenvalue weighted by atomic mass is 10.1. The fourth-order valence-corrected chi connectivity index (χ4v) is 3.56. The third-order valence-electron chi connectivity index (χ3n) is 2.18. The van der Waals surface area contributed by atoms with Gasteiger partial charge in [0.25, 0.3) is 0 Å². The van der Waals surface area contributed by atoms with E-state index >= 15 is 0 Å². The SMILES string of the molecule is CCS(=O)(=O)[C@@H](I)[C@H](O)c1cccc(F)c1. The van der Waals surface area contributed by atoms with Crippen molar-refractivity contribution in [2.45, 2.75) is 16.3 Å². The van der Waals surface area contributed by atoms with Crippen molar-refractivity contribution in [1.29, 1.82) is 0 Å². The maximum absolute atomic E-state index is 12.9. The molecule has 0 aliphatic rings. The highest BCUT2D eigenvalue weighted by atomic mass is 127. The van der Waals surface area contributed by atoms with E-state index in [4.69, 9.17) is 0 Å². The second kappa shape index (κ2) is 5.42. The summed E-state index contributed by atoms with van der Waals surface area (Å²) in [6.45, 7) is 1.51. The first-order chi connectivity index (χ1) is 7.38. The van der Waals surface area contributed by atoms with Crippen LogP contribution in [0.25, 0.3) is 0 Å². The minimum atomic E-state index is -3.34. The number of sulfone groups is 1. The van der Waals surface area contributed by atoms with E-state index in [0.717, 1.165) is 6.07 Å². The number of aliphatic hydroxyl groups excluding tert-OH is 1. The smallest absolute Gasteiger partial charge is 0.164 e. The van der Waals surface area contributed by atoms with Crippen LogP contribution in [-0.2, 0) is 9.84 Å². The molecule has 1 aromatic carbocycles. The van der Waals surface area contributed by atoms with E-state index in [2.05, 4.69) is 0 Å². The Morgan fingerprint density at radius 3 is 2.62 bits per heavy atom. The Kier molecular flexibility index (Phi) is 4.69. The number of halogens is 2. The van der Waals surface area contributed by atoms with Crippen molar-refractivity contribution in [1.82, 2.24) is 0 Å². The van der Waals surface area contributed by atoms with Crippen molar-refractivity contribution < 1.29 is 17.9 Å². The number of rotatable bonds is 4.